The van der Waals surface area contributed by atoms with E-state index in [1.54, 1.807) is 66.4 Å². The molecule has 8 heteroatoms. The van der Waals surface area contributed by atoms with Crippen molar-refractivity contribution < 1.29 is 17.6 Å². The van der Waals surface area contributed by atoms with Crippen molar-refractivity contribution in [2.45, 2.75) is 11.8 Å². The van der Waals surface area contributed by atoms with Gasteiger partial charge in [-0.05, 0) is 55.5 Å². The van der Waals surface area contributed by atoms with Crippen LogP contribution in [0.2, 0.25) is 0 Å². The van der Waals surface area contributed by atoms with Crippen LogP contribution < -0.4 is 9.21 Å². The second kappa shape index (κ2) is 9.62. The van der Waals surface area contributed by atoms with Crippen LogP contribution in [0.4, 0.5) is 15.8 Å². The highest BCUT2D eigenvalue weighted by molar-refractivity contribution is 7.92. The lowest BCUT2D eigenvalue weighted by Gasteiger charge is -2.36. The quantitative estimate of drug-likeness (QED) is 0.550. The molecule has 0 atom stereocenters. The van der Waals surface area contributed by atoms with E-state index < -0.39 is 10.0 Å². The summed E-state index contributed by atoms with van der Waals surface area (Å²) in [5, 5.41) is 0. The van der Waals surface area contributed by atoms with E-state index in [2.05, 4.69) is 0 Å². The van der Waals surface area contributed by atoms with Crippen LogP contribution >= 0.6 is 0 Å². The Hall–Kier alpha value is -3.39. The number of anilines is 2. The molecule has 0 bridgehead atoms. The van der Waals surface area contributed by atoms with Gasteiger partial charge in [0, 0.05) is 38.3 Å². The lowest BCUT2D eigenvalue weighted by atomic mass is 10.1. The molecule has 0 aliphatic carbocycles. The zero-order valence-electron chi connectivity index (χ0n) is 18.4. The molecule has 6 nitrogen and oxygen atoms in total. The van der Waals surface area contributed by atoms with Gasteiger partial charge in [0.25, 0.3) is 15.9 Å². The first-order valence-electron chi connectivity index (χ1n) is 10.9. The smallest absolute Gasteiger partial charge is 0.264 e. The molecule has 3 aromatic carbocycles. The second-order valence-corrected chi connectivity index (χ2v) is 9.62. The van der Waals surface area contributed by atoms with E-state index in [1.165, 1.54) is 22.5 Å². The predicted molar refractivity (Wildman–Crippen MR) is 128 cm³/mol. The molecule has 1 heterocycles. The fraction of sp³-hybridized carbons (Fsp3) is 0.240. The molecule has 0 saturated carbocycles. The number of rotatable bonds is 6. The molecule has 172 valence electrons. The number of carbonyl (C=O) groups excluding carboxylic acids is 1. The first-order chi connectivity index (χ1) is 15.9. The van der Waals surface area contributed by atoms with Gasteiger partial charge in [0.2, 0.25) is 0 Å². The van der Waals surface area contributed by atoms with Crippen molar-refractivity contribution in [2.75, 3.05) is 41.9 Å². The predicted octanol–water partition coefficient (Wildman–Crippen LogP) is 4.00. The van der Waals surface area contributed by atoms with Gasteiger partial charge in [0.15, 0.2) is 0 Å². The highest BCUT2D eigenvalue weighted by Crippen LogP contribution is 2.24. The van der Waals surface area contributed by atoms with Gasteiger partial charge in [-0.1, -0.05) is 30.3 Å². The molecule has 33 heavy (non-hydrogen) atoms. The number of carbonyl (C=O) groups is 1. The summed E-state index contributed by atoms with van der Waals surface area (Å²) < 4.78 is 41.7. The monoisotopic (exact) mass is 467 g/mol. The Morgan fingerprint density at radius 3 is 2.09 bits per heavy atom. The summed E-state index contributed by atoms with van der Waals surface area (Å²) in [5.74, 6) is -0.437. The van der Waals surface area contributed by atoms with Crippen molar-refractivity contribution in [1.29, 1.82) is 0 Å². The first kappa shape index (κ1) is 22.8. The first-order valence-corrected chi connectivity index (χ1v) is 12.3. The Balaban J connectivity index is 1.45. The topological polar surface area (TPSA) is 60.9 Å². The van der Waals surface area contributed by atoms with Gasteiger partial charge in [-0.25, -0.2) is 12.8 Å². The molecule has 4 rings (SSSR count). The minimum absolute atomic E-state index is 0.133. The van der Waals surface area contributed by atoms with Crippen LogP contribution in [0.25, 0.3) is 0 Å². The fourth-order valence-electron chi connectivity index (χ4n) is 4.02. The van der Waals surface area contributed by atoms with Crippen molar-refractivity contribution in [3.8, 4) is 0 Å². The van der Waals surface area contributed by atoms with Crippen LogP contribution in [0.1, 0.15) is 17.3 Å². The number of nitrogens with zero attached hydrogens (tertiary/aromatic N) is 3. The molecular weight excluding hydrogens is 441 g/mol. The van der Waals surface area contributed by atoms with Gasteiger partial charge in [-0.3, -0.25) is 9.10 Å². The van der Waals surface area contributed by atoms with E-state index in [-0.39, 0.29) is 16.6 Å². The number of halogens is 1. The highest BCUT2D eigenvalue weighted by Gasteiger charge is 2.26. The molecule has 1 amide bonds. The maximum Gasteiger partial charge on any atom is 0.264 e. The summed E-state index contributed by atoms with van der Waals surface area (Å²) >= 11 is 0. The third-order valence-electron chi connectivity index (χ3n) is 5.78. The Morgan fingerprint density at radius 2 is 1.48 bits per heavy atom. The van der Waals surface area contributed by atoms with Gasteiger partial charge in [0.05, 0.1) is 16.3 Å². The number of benzene rings is 3. The van der Waals surface area contributed by atoms with E-state index >= 15 is 0 Å². The zero-order valence-corrected chi connectivity index (χ0v) is 19.2. The van der Waals surface area contributed by atoms with Crippen LogP contribution in [-0.4, -0.2) is 51.9 Å². The average Bonchev–Trinajstić information content (AvgIpc) is 2.85. The Labute approximate surface area is 193 Å². The summed E-state index contributed by atoms with van der Waals surface area (Å²) in [4.78, 5) is 16.7. The van der Waals surface area contributed by atoms with Crippen LogP contribution in [-0.2, 0) is 10.0 Å². The second-order valence-electron chi connectivity index (χ2n) is 7.76. The minimum Gasteiger partial charge on any atom is -0.366 e. The van der Waals surface area contributed by atoms with Crippen molar-refractivity contribution in [2.24, 2.45) is 0 Å². The lowest BCUT2D eigenvalue weighted by molar-refractivity contribution is 0.0746. The molecule has 0 N–H and O–H groups in total. The highest BCUT2D eigenvalue weighted by atomic mass is 32.2. The fourth-order valence-corrected chi connectivity index (χ4v) is 5.50. The van der Waals surface area contributed by atoms with Crippen molar-refractivity contribution in [1.82, 2.24) is 4.90 Å². The zero-order chi connectivity index (χ0) is 23.4. The molecular formula is C25H26FN3O3S. The molecule has 1 saturated heterocycles. The van der Waals surface area contributed by atoms with Gasteiger partial charge in [-0.2, -0.15) is 0 Å². The average molecular weight is 468 g/mol. The van der Waals surface area contributed by atoms with Gasteiger partial charge in [0.1, 0.15) is 5.82 Å². The SMILES string of the molecule is CCN(c1ccccc1)S(=O)(=O)c1ccc(C(=O)N2CCN(c3ccccc3F)CC2)cc1. The van der Waals surface area contributed by atoms with Crippen LogP contribution in [0.5, 0.6) is 0 Å². The summed E-state index contributed by atoms with van der Waals surface area (Å²) in [6, 6.07) is 21.6. The summed E-state index contributed by atoms with van der Waals surface area (Å²) in [5.41, 5.74) is 1.56. The molecule has 0 spiro atoms. The molecule has 0 radical (unpaired) electrons. The third kappa shape index (κ3) is 4.71. The van der Waals surface area contributed by atoms with E-state index in [4.69, 9.17) is 0 Å². The molecule has 1 aliphatic heterocycles. The third-order valence-corrected chi connectivity index (χ3v) is 7.70. The van der Waals surface area contributed by atoms with Crippen molar-refractivity contribution in [3.05, 3.63) is 90.2 Å². The molecule has 3 aromatic rings. The Morgan fingerprint density at radius 1 is 0.879 bits per heavy atom. The minimum atomic E-state index is -3.75. The molecule has 0 aromatic heterocycles. The Bertz CT molecular complexity index is 1210. The maximum absolute atomic E-state index is 14.0. The number of para-hydroxylation sites is 2. The summed E-state index contributed by atoms with van der Waals surface area (Å²) in [7, 11) is -3.75. The standard InChI is InChI=1S/C25H26FN3O3S/c1-2-29(21-8-4-3-5-9-21)33(31,32)22-14-12-20(13-15-22)25(30)28-18-16-27(17-19-28)24-11-7-6-10-23(24)26/h3-15H,2,16-19H2,1H3. The van der Waals surface area contributed by atoms with E-state index in [9.17, 15) is 17.6 Å². The van der Waals surface area contributed by atoms with Gasteiger partial charge in [-0.15, -0.1) is 0 Å². The summed E-state index contributed by atoms with van der Waals surface area (Å²) in [6.45, 7) is 4.06. The normalized spacial score (nSPS) is 14.2. The van der Waals surface area contributed by atoms with Crippen LogP contribution in [0, 0.1) is 5.82 Å². The van der Waals surface area contributed by atoms with E-state index in [0.717, 1.165) is 0 Å². The van der Waals surface area contributed by atoms with E-state index in [1.807, 2.05) is 11.0 Å². The number of piperazine rings is 1. The largest absolute Gasteiger partial charge is 0.366 e. The molecule has 1 aliphatic rings. The maximum atomic E-state index is 14.0. The van der Waals surface area contributed by atoms with Gasteiger partial charge >= 0.3 is 0 Å². The summed E-state index contributed by atoms with van der Waals surface area (Å²) in [6.07, 6.45) is 0. The van der Waals surface area contributed by atoms with Gasteiger partial charge < -0.3 is 9.80 Å². The van der Waals surface area contributed by atoms with Crippen LogP contribution in [0.3, 0.4) is 0 Å². The molecule has 1 fully saturated rings. The Kier molecular flexibility index (Phi) is 6.65. The molecule has 0 unspecified atom stereocenters. The van der Waals surface area contributed by atoms with E-state index in [0.29, 0.717) is 49.7 Å². The number of hydrogen-bond donors (Lipinski definition) is 0. The number of sulfonamides is 1. The number of hydrogen-bond acceptors (Lipinski definition) is 4. The number of amides is 1. The van der Waals surface area contributed by atoms with Crippen molar-refractivity contribution in [3.63, 3.8) is 0 Å². The van der Waals surface area contributed by atoms with Crippen LogP contribution in [0.15, 0.2) is 83.8 Å². The van der Waals surface area contributed by atoms with Crippen molar-refractivity contribution >= 4 is 27.3 Å². The lowest BCUT2D eigenvalue weighted by Crippen LogP contribution is -2.49.